The number of aryl methyl sites for hydroxylation is 1. The summed E-state index contributed by atoms with van der Waals surface area (Å²) < 4.78 is 5.11. The van der Waals surface area contributed by atoms with E-state index in [0.29, 0.717) is 5.69 Å². The number of anilines is 1. The van der Waals surface area contributed by atoms with Crippen LogP contribution in [-0.4, -0.2) is 25.0 Å². The van der Waals surface area contributed by atoms with Crippen LogP contribution in [0.1, 0.15) is 17.5 Å². The molecule has 0 aliphatic rings. The molecular weight excluding hydrogens is 316 g/mol. The first-order valence-electron chi connectivity index (χ1n) is 8.03. The van der Waals surface area contributed by atoms with Gasteiger partial charge in [0.15, 0.2) is 6.61 Å². The number of ether oxygens (including phenoxy) is 1. The predicted octanol–water partition coefficient (Wildman–Crippen LogP) is 3.03. The molecule has 0 N–H and O–H groups in total. The van der Waals surface area contributed by atoms with Gasteiger partial charge in [0.25, 0.3) is 5.91 Å². The molecule has 0 bridgehead atoms. The second-order valence-corrected chi connectivity index (χ2v) is 5.61. The second-order valence-electron chi connectivity index (χ2n) is 5.61. The predicted molar refractivity (Wildman–Crippen MR) is 94.9 cm³/mol. The van der Waals surface area contributed by atoms with Crippen LogP contribution in [0.15, 0.2) is 54.6 Å². The van der Waals surface area contributed by atoms with Crippen molar-refractivity contribution in [2.24, 2.45) is 0 Å². The molecule has 0 spiro atoms. The molecule has 0 atom stereocenters. The molecule has 0 unspecified atom stereocenters. The van der Waals surface area contributed by atoms with E-state index in [1.807, 2.05) is 55.5 Å². The summed E-state index contributed by atoms with van der Waals surface area (Å²) in [4.78, 5) is 25.8. The first-order valence-corrected chi connectivity index (χ1v) is 8.03. The molecule has 0 aromatic heterocycles. The molecule has 128 valence electrons. The maximum atomic E-state index is 12.4. The molecule has 0 aliphatic carbocycles. The third kappa shape index (κ3) is 5.78. The van der Waals surface area contributed by atoms with Crippen molar-refractivity contribution in [1.29, 1.82) is 5.26 Å². The number of nitriles is 1. The molecule has 0 fully saturated rings. The smallest absolute Gasteiger partial charge is 0.310 e. The van der Waals surface area contributed by atoms with Gasteiger partial charge in [-0.1, -0.05) is 48.0 Å². The minimum atomic E-state index is -0.453. The first-order chi connectivity index (χ1) is 12.1. The Morgan fingerprint density at radius 1 is 1.08 bits per heavy atom. The van der Waals surface area contributed by atoms with Crippen molar-refractivity contribution in [2.75, 3.05) is 18.1 Å². The van der Waals surface area contributed by atoms with Crippen molar-refractivity contribution in [3.63, 3.8) is 0 Å². The Balaban J connectivity index is 1.92. The number of nitrogens with zero attached hydrogens (tertiary/aromatic N) is 2. The molecule has 25 heavy (non-hydrogen) atoms. The molecule has 0 saturated carbocycles. The first kappa shape index (κ1) is 18.2. The third-order valence-electron chi connectivity index (χ3n) is 3.64. The van der Waals surface area contributed by atoms with Crippen LogP contribution >= 0.6 is 0 Å². The Kier molecular flexibility index (Phi) is 6.73. The average molecular weight is 336 g/mol. The van der Waals surface area contributed by atoms with Crippen molar-refractivity contribution in [3.8, 4) is 6.07 Å². The summed E-state index contributed by atoms with van der Waals surface area (Å²) in [7, 11) is 0. The van der Waals surface area contributed by atoms with Gasteiger partial charge in [0.05, 0.1) is 18.9 Å². The number of rotatable bonds is 7. The molecule has 0 heterocycles. The Morgan fingerprint density at radius 2 is 1.76 bits per heavy atom. The Hall–Kier alpha value is -3.13. The fourth-order valence-electron chi connectivity index (χ4n) is 2.31. The van der Waals surface area contributed by atoms with Crippen molar-refractivity contribution in [2.45, 2.75) is 19.8 Å². The van der Waals surface area contributed by atoms with E-state index in [0.717, 1.165) is 11.1 Å². The van der Waals surface area contributed by atoms with Crippen molar-refractivity contribution < 1.29 is 14.3 Å². The summed E-state index contributed by atoms with van der Waals surface area (Å²) in [5.74, 6) is -0.802. The highest BCUT2D eigenvalue weighted by atomic mass is 16.5. The van der Waals surface area contributed by atoms with E-state index in [-0.39, 0.29) is 31.9 Å². The van der Waals surface area contributed by atoms with Gasteiger partial charge in [0, 0.05) is 12.2 Å². The fourth-order valence-corrected chi connectivity index (χ4v) is 2.31. The van der Waals surface area contributed by atoms with Gasteiger partial charge in [-0.05, 0) is 24.6 Å². The molecule has 0 aliphatic heterocycles. The Labute approximate surface area is 147 Å². The molecule has 2 aromatic rings. The van der Waals surface area contributed by atoms with Crippen LogP contribution in [0, 0.1) is 18.3 Å². The number of para-hydroxylation sites is 1. The monoisotopic (exact) mass is 336 g/mol. The van der Waals surface area contributed by atoms with Gasteiger partial charge in [-0.3, -0.25) is 9.59 Å². The lowest BCUT2D eigenvalue weighted by Crippen LogP contribution is -2.35. The van der Waals surface area contributed by atoms with Gasteiger partial charge in [0.2, 0.25) is 0 Å². The summed E-state index contributed by atoms with van der Waals surface area (Å²) in [6.45, 7) is 1.89. The Bertz CT molecular complexity index is 749. The normalized spacial score (nSPS) is 9.92. The topological polar surface area (TPSA) is 70.4 Å². The summed E-state index contributed by atoms with van der Waals surface area (Å²) in [5.41, 5.74) is 2.63. The van der Waals surface area contributed by atoms with E-state index in [2.05, 4.69) is 0 Å². The van der Waals surface area contributed by atoms with Gasteiger partial charge >= 0.3 is 5.97 Å². The van der Waals surface area contributed by atoms with Crippen molar-refractivity contribution in [1.82, 2.24) is 0 Å². The lowest BCUT2D eigenvalue weighted by molar-refractivity contribution is -0.147. The lowest BCUT2D eigenvalue weighted by Gasteiger charge is -2.21. The second kappa shape index (κ2) is 9.24. The average Bonchev–Trinajstić information content (AvgIpc) is 2.63. The van der Waals surface area contributed by atoms with Gasteiger partial charge in [-0.2, -0.15) is 5.26 Å². The van der Waals surface area contributed by atoms with Crippen LogP contribution in [-0.2, 0) is 20.7 Å². The number of benzene rings is 2. The molecule has 2 rings (SSSR count). The zero-order chi connectivity index (χ0) is 18.1. The zero-order valence-electron chi connectivity index (χ0n) is 14.1. The molecular formula is C20H20N2O3. The van der Waals surface area contributed by atoms with Crippen LogP contribution in [0.25, 0.3) is 0 Å². The highest BCUT2D eigenvalue weighted by molar-refractivity contribution is 5.95. The molecule has 5 nitrogen and oxygen atoms in total. The molecule has 1 amide bonds. The maximum absolute atomic E-state index is 12.4. The van der Waals surface area contributed by atoms with Gasteiger partial charge in [0.1, 0.15) is 0 Å². The number of hydrogen-bond acceptors (Lipinski definition) is 4. The number of carbonyl (C=O) groups is 2. The zero-order valence-corrected chi connectivity index (χ0v) is 14.1. The number of hydrogen-bond donors (Lipinski definition) is 0. The quantitative estimate of drug-likeness (QED) is 0.729. The number of amides is 1. The van der Waals surface area contributed by atoms with Crippen molar-refractivity contribution in [3.05, 3.63) is 65.7 Å². The Morgan fingerprint density at radius 3 is 2.40 bits per heavy atom. The van der Waals surface area contributed by atoms with Crippen LogP contribution < -0.4 is 4.90 Å². The minimum absolute atomic E-state index is 0.122. The van der Waals surface area contributed by atoms with Crippen LogP contribution in [0.2, 0.25) is 0 Å². The summed E-state index contributed by atoms with van der Waals surface area (Å²) in [6.07, 6.45) is 0.328. The molecule has 0 saturated heterocycles. The SMILES string of the molecule is Cc1ccc(CC(=O)OCC(=O)N(CCC#N)c2ccccc2)cc1. The number of carbonyl (C=O) groups excluding carboxylic acids is 2. The van der Waals surface area contributed by atoms with Crippen LogP contribution in [0.5, 0.6) is 0 Å². The highest BCUT2D eigenvalue weighted by Gasteiger charge is 2.17. The fraction of sp³-hybridized carbons (Fsp3) is 0.250. The van der Waals surface area contributed by atoms with E-state index in [1.54, 1.807) is 12.1 Å². The summed E-state index contributed by atoms with van der Waals surface area (Å²) in [5, 5.41) is 8.77. The molecule has 2 aromatic carbocycles. The van der Waals surface area contributed by atoms with Gasteiger partial charge < -0.3 is 9.64 Å². The van der Waals surface area contributed by atoms with E-state index < -0.39 is 5.97 Å². The summed E-state index contributed by atoms with van der Waals surface area (Å²) in [6, 6.07) is 18.6. The van der Waals surface area contributed by atoms with E-state index in [4.69, 9.17) is 10.00 Å². The van der Waals surface area contributed by atoms with Crippen LogP contribution in [0.3, 0.4) is 0 Å². The van der Waals surface area contributed by atoms with E-state index in [1.165, 1.54) is 4.90 Å². The molecule has 5 heteroatoms. The number of esters is 1. The van der Waals surface area contributed by atoms with Gasteiger partial charge in [-0.25, -0.2) is 0 Å². The standard InChI is InChI=1S/C20H20N2O3/c1-16-8-10-17(11-9-16)14-20(24)25-15-19(23)22(13-5-12-21)18-6-3-2-4-7-18/h2-4,6-11H,5,13-15H2,1H3. The van der Waals surface area contributed by atoms with Gasteiger partial charge in [-0.15, -0.1) is 0 Å². The van der Waals surface area contributed by atoms with E-state index in [9.17, 15) is 9.59 Å². The molecule has 0 radical (unpaired) electrons. The highest BCUT2D eigenvalue weighted by Crippen LogP contribution is 2.14. The third-order valence-corrected chi connectivity index (χ3v) is 3.64. The summed E-state index contributed by atoms with van der Waals surface area (Å²) >= 11 is 0. The minimum Gasteiger partial charge on any atom is -0.455 e. The largest absolute Gasteiger partial charge is 0.455 e. The van der Waals surface area contributed by atoms with Crippen molar-refractivity contribution >= 4 is 17.6 Å². The maximum Gasteiger partial charge on any atom is 0.310 e. The van der Waals surface area contributed by atoms with Crippen LogP contribution in [0.4, 0.5) is 5.69 Å². The lowest BCUT2D eigenvalue weighted by atomic mass is 10.1. The van der Waals surface area contributed by atoms with E-state index >= 15 is 0 Å².